The van der Waals surface area contributed by atoms with Crippen LogP contribution in [0.25, 0.3) is 0 Å². The number of rotatable bonds is 4. The van der Waals surface area contributed by atoms with Crippen LogP contribution in [0.1, 0.15) is 66.9 Å². The molecule has 0 radical (unpaired) electrons. The monoisotopic (exact) mass is 430 g/mol. The minimum atomic E-state index is -0.737. The largest absolute Gasteiger partial charge is 0.616 e. The molecule has 2 N–H and O–H groups in total. The van der Waals surface area contributed by atoms with Gasteiger partial charge in [-0.3, -0.25) is 4.79 Å². The lowest BCUT2D eigenvalue weighted by molar-refractivity contribution is -0.136. The first-order valence-corrected chi connectivity index (χ1v) is 13.0. The Bertz CT molecular complexity index is 839. The molecule has 6 fully saturated rings. The van der Waals surface area contributed by atoms with E-state index in [2.05, 4.69) is 15.2 Å². The summed E-state index contributed by atoms with van der Waals surface area (Å²) in [5.74, 6) is 3.70. The zero-order valence-electron chi connectivity index (χ0n) is 17.3. The van der Waals surface area contributed by atoms with E-state index in [0.717, 1.165) is 50.6 Å². The number of carbonyl (C=O) groups is 1. The second-order valence-corrected chi connectivity index (χ2v) is 12.0. The summed E-state index contributed by atoms with van der Waals surface area (Å²) in [6.07, 6.45) is 8.72. The number of aromatic nitrogens is 2. The third-order valence-electron chi connectivity index (χ3n) is 8.01. The first-order chi connectivity index (χ1) is 14.5. The average Bonchev–Trinajstić information content (AvgIpc) is 3.55. The van der Waals surface area contributed by atoms with Crippen molar-refractivity contribution in [3.05, 3.63) is 17.5 Å². The highest BCUT2D eigenvalue weighted by molar-refractivity contribution is 7.91. The zero-order valence-corrected chi connectivity index (χ0v) is 18.1. The van der Waals surface area contributed by atoms with Crippen LogP contribution < -0.4 is 10.2 Å². The third kappa shape index (κ3) is 3.41. The van der Waals surface area contributed by atoms with Gasteiger partial charge in [-0.1, -0.05) is 11.2 Å². The lowest BCUT2D eigenvalue weighted by Gasteiger charge is -2.58. The molecule has 162 valence electrons. The Morgan fingerprint density at radius 1 is 1.20 bits per heavy atom. The molecule has 1 aromatic rings. The van der Waals surface area contributed by atoms with Gasteiger partial charge in [-0.25, -0.2) is 9.97 Å². The van der Waals surface area contributed by atoms with E-state index >= 15 is 0 Å². The van der Waals surface area contributed by atoms with Crippen molar-refractivity contribution in [2.75, 3.05) is 29.5 Å². The van der Waals surface area contributed by atoms with Crippen molar-refractivity contribution in [3.63, 3.8) is 0 Å². The molecule has 1 aromatic heterocycles. The first-order valence-electron chi connectivity index (χ1n) is 11.5. The predicted molar refractivity (Wildman–Crippen MR) is 114 cm³/mol. The molecule has 5 aliphatic carbocycles. The van der Waals surface area contributed by atoms with Crippen molar-refractivity contribution < 1.29 is 14.5 Å². The SMILES string of the molecule is O=C(N[C@H]1C2CC3CC1C[C@@](O)(C3)C2)c1cnc(N2CC[S+]([O-])CC2)nc1C1CC1. The summed E-state index contributed by atoms with van der Waals surface area (Å²) in [5, 5.41) is 14.2. The Morgan fingerprint density at radius 3 is 2.53 bits per heavy atom. The molecule has 2 atom stereocenters. The smallest absolute Gasteiger partial charge is 0.254 e. The number of nitrogens with one attached hydrogen (secondary N) is 1. The van der Waals surface area contributed by atoms with Gasteiger partial charge in [0, 0.05) is 18.2 Å². The topological polar surface area (TPSA) is 101 Å². The predicted octanol–water partition coefficient (Wildman–Crippen LogP) is 1.59. The van der Waals surface area contributed by atoms with Gasteiger partial charge in [-0.05, 0) is 62.7 Å². The number of aliphatic hydroxyl groups is 1. The van der Waals surface area contributed by atoms with Crippen molar-refractivity contribution >= 4 is 23.0 Å². The number of hydrogen-bond donors (Lipinski definition) is 2. The van der Waals surface area contributed by atoms with Crippen molar-refractivity contribution in [2.24, 2.45) is 17.8 Å². The van der Waals surface area contributed by atoms with E-state index in [-0.39, 0.29) is 11.9 Å². The summed E-state index contributed by atoms with van der Waals surface area (Å²) in [6, 6.07) is 0.165. The van der Waals surface area contributed by atoms with E-state index in [1.807, 2.05) is 0 Å². The van der Waals surface area contributed by atoms with Gasteiger partial charge < -0.3 is 19.9 Å². The fourth-order valence-electron chi connectivity index (χ4n) is 6.66. The maximum atomic E-state index is 13.3. The summed E-state index contributed by atoms with van der Waals surface area (Å²) < 4.78 is 11.7. The Labute approximate surface area is 180 Å². The summed E-state index contributed by atoms with van der Waals surface area (Å²) in [4.78, 5) is 24.7. The summed E-state index contributed by atoms with van der Waals surface area (Å²) in [6.45, 7) is 1.41. The van der Waals surface area contributed by atoms with Crippen molar-refractivity contribution in [2.45, 2.75) is 62.5 Å². The van der Waals surface area contributed by atoms with Crippen LogP contribution >= 0.6 is 0 Å². The lowest BCUT2D eigenvalue weighted by atomic mass is 9.52. The maximum Gasteiger partial charge on any atom is 0.254 e. The lowest BCUT2D eigenvalue weighted by Crippen LogP contribution is -2.61. The van der Waals surface area contributed by atoms with Crippen molar-refractivity contribution in [1.29, 1.82) is 0 Å². The van der Waals surface area contributed by atoms with Crippen LogP contribution in [0.5, 0.6) is 0 Å². The van der Waals surface area contributed by atoms with Gasteiger partial charge in [0.1, 0.15) is 11.5 Å². The second kappa shape index (κ2) is 7.07. The fourth-order valence-corrected chi connectivity index (χ4v) is 7.72. The van der Waals surface area contributed by atoms with E-state index in [1.54, 1.807) is 6.20 Å². The quantitative estimate of drug-likeness (QED) is 0.704. The molecular formula is C22H30N4O3S. The van der Waals surface area contributed by atoms with Gasteiger partial charge in [0.15, 0.2) is 0 Å². The summed E-state index contributed by atoms with van der Waals surface area (Å²) in [5.41, 5.74) is 1.01. The molecule has 8 heteroatoms. The zero-order chi connectivity index (χ0) is 20.5. The van der Waals surface area contributed by atoms with E-state index < -0.39 is 16.8 Å². The number of anilines is 1. The number of hydrogen-bond acceptors (Lipinski definition) is 6. The number of carbonyl (C=O) groups excluding carboxylic acids is 1. The third-order valence-corrected chi connectivity index (χ3v) is 9.29. The van der Waals surface area contributed by atoms with Crippen LogP contribution in [-0.2, 0) is 11.2 Å². The van der Waals surface area contributed by atoms with Crippen molar-refractivity contribution in [3.8, 4) is 0 Å². The van der Waals surface area contributed by atoms with Gasteiger partial charge in [0.05, 0.1) is 29.9 Å². The summed E-state index contributed by atoms with van der Waals surface area (Å²) in [7, 11) is 0. The van der Waals surface area contributed by atoms with Gasteiger partial charge in [-0.2, -0.15) is 0 Å². The Kier molecular flexibility index (Phi) is 4.55. The highest BCUT2D eigenvalue weighted by Gasteiger charge is 2.55. The van der Waals surface area contributed by atoms with E-state index in [0.29, 0.717) is 59.8 Å². The molecule has 1 amide bonds. The molecule has 4 bridgehead atoms. The second-order valence-electron chi connectivity index (χ2n) is 10.3. The molecule has 2 heterocycles. The minimum absolute atomic E-state index is 0.0485. The van der Waals surface area contributed by atoms with Gasteiger partial charge >= 0.3 is 0 Å². The highest BCUT2D eigenvalue weighted by Crippen LogP contribution is 2.55. The molecule has 7 rings (SSSR count). The molecule has 0 spiro atoms. The van der Waals surface area contributed by atoms with E-state index in [4.69, 9.17) is 4.98 Å². The maximum absolute atomic E-state index is 13.3. The van der Waals surface area contributed by atoms with E-state index in [9.17, 15) is 14.5 Å². The summed E-state index contributed by atoms with van der Waals surface area (Å²) >= 11 is -0.737. The number of amides is 1. The molecule has 7 nitrogen and oxygen atoms in total. The molecule has 30 heavy (non-hydrogen) atoms. The Morgan fingerprint density at radius 2 is 1.90 bits per heavy atom. The van der Waals surface area contributed by atoms with Gasteiger partial charge in [0.25, 0.3) is 5.91 Å². The van der Waals surface area contributed by atoms with Crippen molar-refractivity contribution in [1.82, 2.24) is 15.3 Å². The highest BCUT2D eigenvalue weighted by atomic mass is 32.2. The van der Waals surface area contributed by atoms with Crippen LogP contribution in [0, 0.1) is 17.8 Å². The normalized spacial score (nSPS) is 38.1. The number of nitrogens with zero attached hydrogens (tertiary/aromatic N) is 3. The Balaban J connectivity index is 1.21. The molecule has 1 saturated heterocycles. The molecule has 6 aliphatic rings. The standard InChI is InChI=1S/C22H30N4O3S/c27-20(24-18-15-7-13-8-16(18)11-22(28,9-13)10-15)17-12-23-21(25-19(17)14-1-2-14)26-3-5-30(29)6-4-26/h12-16,18,28H,1-11H2,(H,24,27)/t13?,15?,16?,18-,22+. The molecule has 1 aliphatic heterocycles. The molecular weight excluding hydrogens is 400 g/mol. The van der Waals surface area contributed by atoms with E-state index in [1.165, 1.54) is 0 Å². The fraction of sp³-hybridized carbons (Fsp3) is 0.773. The molecule has 2 unspecified atom stereocenters. The average molecular weight is 431 g/mol. The van der Waals surface area contributed by atoms with Crippen LogP contribution in [0.4, 0.5) is 5.95 Å². The van der Waals surface area contributed by atoms with Crippen LogP contribution in [0.2, 0.25) is 0 Å². The van der Waals surface area contributed by atoms with Gasteiger partial charge in [0.2, 0.25) is 5.95 Å². The van der Waals surface area contributed by atoms with Crippen LogP contribution in [0.15, 0.2) is 6.20 Å². The van der Waals surface area contributed by atoms with Gasteiger partial charge in [-0.15, -0.1) is 0 Å². The molecule has 5 saturated carbocycles. The molecule has 0 aromatic carbocycles. The van der Waals surface area contributed by atoms with Crippen LogP contribution in [-0.4, -0.2) is 61.8 Å². The van der Waals surface area contributed by atoms with Crippen LogP contribution in [0.3, 0.4) is 0 Å². The first kappa shape index (κ1) is 19.3. The minimum Gasteiger partial charge on any atom is -0.616 e. The Hall–Kier alpha value is -1.38.